The molecular weight excluding hydrogens is 384 g/mol. The SMILES string of the molecule is C=C(COCCOCCOCC)c1cccc(/C(C)=C/OCCOCCOCC)c1. The first kappa shape index (κ1) is 26.3. The van der Waals surface area contributed by atoms with Gasteiger partial charge in [0.1, 0.15) is 6.61 Å². The third-order valence-corrected chi connectivity index (χ3v) is 4.13. The van der Waals surface area contributed by atoms with Crippen molar-refractivity contribution in [3.05, 3.63) is 48.2 Å². The van der Waals surface area contributed by atoms with Crippen LogP contribution in [-0.4, -0.2) is 72.7 Å². The van der Waals surface area contributed by atoms with E-state index in [1.807, 2.05) is 32.9 Å². The van der Waals surface area contributed by atoms with Crippen molar-refractivity contribution in [3.63, 3.8) is 0 Å². The number of allylic oxidation sites excluding steroid dienone is 1. The van der Waals surface area contributed by atoms with E-state index >= 15 is 0 Å². The standard InChI is InChI=1S/C24H38O6/c1-5-25-10-12-27-14-16-29-19-21(3)23-8-7-9-24(18-23)22(4)20-30-17-15-28-13-11-26-6-2/h7-9,18,20H,3,5-6,10-17,19H2,1-2,4H3/b22-20+. The Balaban J connectivity index is 2.28. The summed E-state index contributed by atoms with van der Waals surface area (Å²) in [5, 5.41) is 0. The minimum absolute atomic E-state index is 0.469. The molecule has 0 aliphatic carbocycles. The van der Waals surface area contributed by atoms with Gasteiger partial charge in [0.2, 0.25) is 0 Å². The predicted octanol–water partition coefficient (Wildman–Crippen LogP) is 4.20. The van der Waals surface area contributed by atoms with Crippen LogP contribution in [0.5, 0.6) is 0 Å². The zero-order valence-corrected chi connectivity index (χ0v) is 18.8. The summed E-state index contributed by atoms with van der Waals surface area (Å²) in [6.45, 7) is 16.5. The summed E-state index contributed by atoms with van der Waals surface area (Å²) >= 11 is 0. The van der Waals surface area contributed by atoms with Crippen molar-refractivity contribution in [1.29, 1.82) is 0 Å². The van der Waals surface area contributed by atoms with Crippen molar-refractivity contribution in [2.45, 2.75) is 20.8 Å². The molecular formula is C24H38O6. The van der Waals surface area contributed by atoms with E-state index in [0.717, 1.165) is 22.3 Å². The summed E-state index contributed by atoms with van der Waals surface area (Å²) in [4.78, 5) is 0. The van der Waals surface area contributed by atoms with Crippen LogP contribution in [0, 0.1) is 0 Å². The molecule has 1 aromatic rings. The zero-order valence-electron chi connectivity index (χ0n) is 18.8. The molecule has 0 amide bonds. The van der Waals surface area contributed by atoms with E-state index in [9.17, 15) is 0 Å². The first-order valence-corrected chi connectivity index (χ1v) is 10.6. The Morgan fingerprint density at radius 1 is 0.767 bits per heavy atom. The molecule has 0 heterocycles. The molecule has 0 atom stereocenters. The van der Waals surface area contributed by atoms with Crippen molar-refractivity contribution in [1.82, 2.24) is 0 Å². The molecule has 0 aliphatic rings. The fourth-order valence-corrected chi connectivity index (χ4v) is 2.47. The maximum Gasteiger partial charge on any atom is 0.111 e. The lowest BCUT2D eigenvalue weighted by Crippen LogP contribution is -2.10. The maximum atomic E-state index is 5.66. The normalized spacial score (nSPS) is 11.6. The van der Waals surface area contributed by atoms with E-state index in [1.54, 1.807) is 6.26 Å². The largest absolute Gasteiger partial charge is 0.498 e. The van der Waals surface area contributed by atoms with Crippen molar-refractivity contribution < 1.29 is 28.4 Å². The minimum Gasteiger partial charge on any atom is -0.498 e. The molecule has 0 aromatic heterocycles. The summed E-state index contributed by atoms with van der Waals surface area (Å²) in [7, 11) is 0. The Hall–Kier alpha value is -1.70. The number of hydrogen-bond donors (Lipinski definition) is 0. The number of rotatable bonds is 19. The van der Waals surface area contributed by atoms with Crippen molar-refractivity contribution in [3.8, 4) is 0 Å². The molecule has 0 aliphatic heterocycles. The highest BCUT2D eigenvalue weighted by molar-refractivity contribution is 5.70. The highest BCUT2D eigenvalue weighted by Crippen LogP contribution is 2.20. The van der Waals surface area contributed by atoms with Gasteiger partial charge in [0.05, 0.1) is 59.1 Å². The lowest BCUT2D eigenvalue weighted by atomic mass is 10.0. The van der Waals surface area contributed by atoms with Gasteiger partial charge in [0.15, 0.2) is 0 Å². The van der Waals surface area contributed by atoms with Crippen LogP contribution in [0.15, 0.2) is 37.1 Å². The van der Waals surface area contributed by atoms with Crippen LogP contribution in [0.4, 0.5) is 0 Å². The molecule has 0 saturated heterocycles. The van der Waals surface area contributed by atoms with Crippen LogP contribution >= 0.6 is 0 Å². The first-order valence-electron chi connectivity index (χ1n) is 10.6. The smallest absolute Gasteiger partial charge is 0.111 e. The van der Waals surface area contributed by atoms with E-state index in [-0.39, 0.29) is 0 Å². The Labute approximate surface area is 181 Å². The number of benzene rings is 1. The van der Waals surface area contributed by atoms with Gasteiger partial charge in [-0.1, -0.05) is 24.8 Å². The Morgan fingerprint density at radius 3 is 1.93 bits per heavy atom. The van der Waals surface area contributed by atoms with E-state index in [1.165, 1.54) is 0 Å². The molecule has 6 nitrogen and oxygen atoms in total. The van der Waals surface area contributed by atoms with Crippen molar-refractivity contribution in [2.75, 3.05) is 72.7 Å². The molecule has 0 unspecified atom stereocenters. The van der Waals surface area contributed by atoms with Crippen LogP contribution in [-0.2, 0) is 28.4 Å². The fourth-order valence-electron chi connectivity index (χ4n) is 2.47. The Bertz CT molecular complexity index is 599. The molecule has 1 rings (SSSR count). The third-order valence-electron chi connectivity index (χ3n) is 4.13. The lowest BCUT2D eigenvalue weighted by molar-refractivity contribution is 0.0231. The van der Waals surface area contributed by atoms with Crippen LogP contribution in [0.25, 0.3) is 11.1 Å². The lowest BCUT2D eigenvalue weighted by Gasteiger charge is -2.10. The zero-order chi connectivity index (χ0) is 21.9. The van der Waals surface area contributed by atoms with Gasteiger partial charge >= 0.3 is 0 Å². The van der Waals surface area contributed by atoms with Gasteiger partial charge in [-0.25, -0.2) is 0 Å². The summed E-state index contributed by atoms with van der Waals surface area (Å²) < 4.78 is 32.5. The van der Waals surface area contributed by atoms with Gasteiger partial charge < -0.3 is 28.4 Å². The second-order valence-electron chi connectivity index (χ2n) is 6.53. The first-order chi connectivity index (χ1) is 14.7. The van der Waals surface area contributed by atoms with Crippen molar-refractivity contribution in [2.24, 2.45) is 0 Å². The summed E-state index contributed by atoms with van der Waals surface area (Å²) in [6, 6.07) is 8.20. The van der Waals surface area contributed by atoms with Crippen LogP contribution < -0.4 is 0 Å². The monoisotopic (exact) mass is 422 g/mol. The van der Waals surface area contributed by atoms with E-state index in [0.29, 0.717) is 72.7 Å². The van der Waals surface area contributed by atoms with E-state index in [2.05, 4.69) is 18.7 Å². The summed E-state index contributed by atoms with van der Waals surface area (Å²) in [5.74, 6) is 0. The Kier molecular flexibility index (Phi) is 15.9. The van der Waals surface area contributed by atoms with Crippen molar-refractivity contribution >= 4 is 11.1 Å². The number of hydrogen-bond acceptors (Lipinski definition) is 6. The molecule has 0 radical (unpaired) electrons. The van der Waals surface area contributed by atoms with Gasteiger partial charge in [-0.3, -0.25) is 0 Å². The minimum atomic E-state index is 0.469. The molecule has 30 heavy (non-hydrogen) atoms. The van der Waals surface area contributed by atoms with Gasteiger partial charge in [-0.15, -0.1) is 0 Å². The number of ether oxygens (including phenoxy) is 6. The average Bonchev–Trinajstić information content (AvgIpc) is 2.77. The molecule has 0 bridgehead atoms. The summed E-state index contributed by atoms with van der Waals surface area (Å²) in [6.07, 6.45) is 1.77. The highest BCUT2D eigenvalue weighted by Gasteiger charge is 2.03. The molecule has 0 saturated carbocycles. The molecule has 0 spiro atoms. The average molecular weight is 423 g/mol. The third kappa shape index (κ3) is 12.8. The molecule has 1 aromatic carbocycles. The second kappa shape index (κ2) is 18.1. The van der Waals surface area contributed by atoms with Gasteiger partial charge in [0, 0.05) is 13.2 Å². The second-order valence-corrected chi connectivity index (χ2v) is 6.53. The maximum absolute atomic E-state index is 5.66. The van der Waals surface area contributed by atoms with Gasteiger partial charge in [-0.2, -0.15) is 0 Å². The molecule has 6 heteroatoms. The van der Waals surface area contributed by atoms with Crippen LogP contribution in [0.3, 0.4) is 0 Å². The topological polar surface area (TPSA) is 55.4 Å². The molecule has 0 N–H and O–H groups in total. The van der Waals surface area contributed by atoms with Gasteiger partial charge in [-0.05, 0) is 49.1 Å². The van der Waals surface area contributed by atoms with E-state index in [4.69, 9.17) is 28.4 Å². The van der Waals surface area contributed by atoms with Crippen LogP contribution in [0.1, 0.15) is 31.9 Å². The Morgan fingerprint density at radius 2 is 1.30 bits per heavy atom. The molecule has 170 valence electrons. The quantitative estimate of drug-likeness (QED) is 0.246. The summed E-state index contributed by atoms with van der Waals surface area (Å²) in [5.41, 5.74) is 4.12. The van der Waals surface area contributed by atoms with Gasteiger partial charge in [0.25, 0.3) is 0 Å². The molecule has 0 fully saturated rings. The van der Waals surface area contributed by atoms with E-state index < -0.39 is 0 Å². The predicted molar refractivity (Wildman–Crippen MR) is 121 cm³/mol. The highest BCUT2D eigenvalue weighted by atomic mass is 16.5. The van der Waals surface area contributed by atoms with Crippen LogP contribution in [0.2, 0.25) is 0 Å². The fraction of sp³-hybridized carbons (Fsp3) is 0.583.